The van der Waals surface area contributed by atoms with Gasteiger partial charge in [-0.15, -0.1) is 11.3 Å². The lowest BCUT2D eigenvalue weighted by Crippen LogP contribution is -2.20. The SMILES string of the molecule is CCCCOc1ccc(-c2csc(NC(=O)c3cc4cccc(OC)c4oc3=O)n2)cc1. The van der Waals surface area contributed by atoms with E-state index < -0.39 is 11.5 Å². The van der Waals surface area contributed by atoms with E-state index in [4.69, 9.17) is 13.9 Å². The molecule has 2 heterocycles. The fraction of sp³-hybridized carbons (Fsp3) is 0.208. The van der Waals surface area contributed by atoms with E-state index in [1.54, 1.807) is 18.2 Å². The summed E-state index contributed by atoms with van der Waals surface area (Å²) in [7, 11) is 1.49. The zero-order chi connectivity index (χ0) is 22.5. The monoisotopic (exact) mass is 450 g/mol. The van der Waals surface area contributed by atoms with Crippen LogP contribution in [0.3, 0.4) is 0 Å². The highest BCUT2D eigenvalue weighted by atomic mass is 32.1. The normalized spacial score (nSPS) is 10.8. The third-order valence-corrected chi connectivity index (χ3v) is 5.59. The number of para-hydroxylation sites is 1. The van der Waals surface area contributed by atoms with E-state index in [0.717, 1.165) is 29.8 Å². The topological polar surface area (TPSA) is 90.7 Å². The molecule has 0 bridgehead atoms. The van der Waals surface area contributed by atoms with Gasteiger partial charge in [0.2, 0.25) is 0 Å². The van der Waals surface area contributed by atoms with Gasteiger partial charge in [-0.3, -0.25) is 10.1 Å². The Hall–Kier alpha value is -3.65. The molecule has 4 aromatic rings. The maximum absolute atomic E-state index is 12.7. The molecule has 0 aliphatic heterocycles. The first-order valence-electron chi connectivity index (χ1n) is 10.2. The molecular weight excluding hydrogens is 428 g/mol. The number of methoxy groups -OCH3 is 1. The van der Waals surface area contributed by atoms with Gasteiger partial charge in [-0.05, 0) is 42.8 Å². The van der Waals surface area contributed by atoms with Gasteiger partial charge in [0.15, 0.2) is 16.5 Å². The maximum atomic E-state index is 12.7. The molecule has 0 aliphatic carbocycles. The number of nitrogens with zero attached hydrogens (tertiary/aromatic N) is 1. The highest BCUT2D eigenvalue weighted by Crippen LogP contribution is 2.28. The summed E-state index contributed by atoms with van der Waals surface area (Å²) in [5.41, 5.74) is 1.09. The molecule has 2 aromatic carbocycles. The number of nitrogens with one attached hydrogen (secondary N) is 1. The van der Waals surface area contributed by atoms with Gasteiger partial charge in [0, 0.05) is 16.3 Å². The minimum atomic E-state index is -0.741. The highest BCUT2D eigenvalue weighted by Gasteiger charge is 2.17. The number of thiazole rings is 1. The van der Waals surface area contributed by atoms with Gasteiger partial charge >= 0.3 is 5.63 Å². The van der Waals surface area contributed by atoms with E-state index in [1.165, 1.54) is 24.5 Å². The second-order valence-corrected chi connectivity index (χ2v) is 7.90. The third kappa shape index (κ3) is 4.65. The zero-order valence-electron chi connectivity index (χ0n) is 17.7. The summed E-state index contributed by atoms with van der Waals surface area (Å²) in [6.45, 7) is 2.81. The smallest absolute Gasteiger partial charge is 0.349 e. The molecule has 0 radical (unpaired) electrons. The van der Waals surface area contributed by atoms with Crippen LogP contribution in [0.2, 0.25) is 0 Å². The first-order chi connectivity index (χ1) is 15.6. The molecule has 164 valence electrons. The Labute approximate surface area is 188 Å². The maximum Gasteiger partial charge on any atom is 0.349 e. The zero-order valence-corrected chi connectivity index (χ0v) is 18.5. The Bertz CT molecular complexity index is 1290. The molecule has 0 fully saturated rings. The number of ether oxygens (including phenoxy) is 2. The van der Waals surface area contributed by atoms with Crippen molar-refractivity contribution in [3.05, 3.63) is 69.9 Å². The average Bonchev–Trinajstić information content (AvgIpc) is 3.27. The van der Waals surface area contributed by atoms with Crippen LogP contribution in [0.1, 0.15) is 30.1 Å². The summed E-state index contributed by atoms with van der Waals surface area (Å²) in [5, 5.41) is 5.50. The number of aromatic nitrogens is 1. The number of fused-ring (bicyclic) bond motifs is 1. The molecule has 0 unspecified atom stereocenters. The van der Waals surface area contributed by atoms with Crippen molar-refractivity contribution in [2.45, 2.75) is 19.8 Å². The third-order valence-electron chi connectivity index (χ3n) is 4.83. The molecule has 7 nitrogen and oxygen atoms in total. The minimum Gasteiger partial charge on any atom is -0.494 e. The van der Waals surface area contributed by atoms with Gasteiger partial charge in [0.25, 0.3) is 5.91 Å². The summed E-state index contributed by atoms with van der Waals surface area (Å²) in [4.78, 5) is 29.5. The van der Waals surface area contributed by atoms with Crippen LogP contribution < -0.4 is 20.4 Å². The number of benzene rings is 2. The van der Waals surface area contributed by atoms with Gasteiger partial charge in [-0.2, -0.15) is 0 Å². The number of unbranched alkanes of at least 4 members (excludes halogenated alkanes) is 1. The number of hydrogen-bond acceptors (Lipinski definition) is 7. The summed E-state index contributed by atoms with van der Waals surface area (Å²) in [6.07, 6.45) is 2.10. The number of hydrogen-bond donors (Lipinski definition) is 1. The van der Waals surface area contributed by atoms with Crippen LogP contribution in [0.4, 0.5) is 5.13 Å². The Morgan fingerprint density at radius 2 is 2.00 bits per heavy atom. The van der Waals surface area contributed by atoms with E-state index in [-0.39, 0.29) is 5.56 Å². The molecule has 32 heavy (non-hydrogen) atoms. The first kappa shape index (κ1) is 21.6. The van der Waals surface area contributed by atoms with Crippen molar-refractivity contribution in [3.8, 4) is 22.8 Å². The van der Waals surface area contributed by atoms with Crippen molar-refractivity contribution >= 4 is 33.3 Å². The summed E-state index contributed by atoms with van der Waals surface area (Å²) >= 11 is 1.28. The molecular formula is C24H22N2O5S. The molecule has 0 saturated heterocycles. The van der Waals surface area contributed by atoms with Crippen LogP contribution >= 0.6 is 11.3 Å². The van der Waals surface area contributed by atoms with E-state index in [9.17, 15) is 9.59 Å². The lowest BCUT2D eigenvalue weighted by atomic mass is 10.1. The van der Waals surface area contributed by atoms with Crippen LogP contribution in [0, 0.1) is 0 Å². The molecule has 2 aromatic heterocycles. The van der Waals surface area contributed by atoms with Crippen LogP contribution in [0.15, 0.2) is 63.1 Å². The van der Waals surface area contributed by atoms with Crippen LogP contribution in [-0.4, -0.2) is 24.6 Å². The summed E-state index contributed by atoms with van der Waals surface area (Å²) in [6, 6.07) is 14.3. The lowest BCUT2D eigenvalue weighted by Gasteiger charge is -2.06. The fourth-order valence-corrected chi connectivity index (χ4v) is 3.84. The molecule has 1 N–H and O–H groups in total. The van der Waals surface area contributed by atoms with Gasteiger partial charge in [-0.25, -0.2) is 9.78 Å². The van der Waals surface area contributed by atoms with Gasteiger partial charge in [0.1, 0.15) is 11.3 Å². The number of rotatable bonds is 8. The quantitative estimate of drug-likeness (QED) is 0.287. The second-order valence-electron chi connectivity index (χ2n) is 7.04. The number of amides is 1. The number of carbonyl (C=O) groups is 1. The van der Waals surface area contributed by atoms with E-state index in [2.05, 4.69) is 17.2 Å². The standard InChI is InChI=1S/C24H22N2O5S/c1-3-4-12-30-17-10-8-15(9-11-17)19-14-32-24(25-19)26-22(27)18-13-16-6-5-7-20(29-2)21(16)31-23(18)28/h5-11,13-14H,3-4,12H2,1-2H3,(H,25,26,27). The van der Waals surface area contributed by atoms with E-state index in [0.29, 0.717) is 28.5 Å². The Balaban J connectivity index is 1.49. The minimum absolute atomic E-state index is 0.101. The van der Waals surface area contributed by atoms with E-state index in [1.807, 2.05) is 29.6 Å². The van der Waals surface area contributed by atoms with Crippen molar-refractivity contribution < 1.29 is 18.7 Å². The van der Waals surface area contributed by atoms with Gasteiger partial charge < -0.3 is 13.9 Å². The molecule has 4 rings (SSSR count). The van der Waals surface area contributed by atoms with Crippen molar-refractivity contribution in [2.75, 3.05) is 19.0 Å². The van der Waals surface area contributed by atoms with Crippen LogP contribution in [0.25, 0.3) is 22.2 Å². The van der Waals surface area contributed by atoms with Crippen molar-refractivity contribution in [1.29, 1.82) is 0 Å². The summed E-state index contributed by atoms with van der Waals surface area (Å²) in [5.74, 6) is 0.660. The fourth-order valence-electron chi connectivity index (χ4n) is 3.12. The molecule has 0 saturated carbocycles. The molecule has 0 aliphatic rings. The number of anilines is 1. The van der Waals surface area contributed by atoms with E-state index >= 15 is 0 Å². The average molecular weight is 451 g/mol. The predicted molar refractivity (Wildman–Crippen MR) is 125 cm³/mol. The predicted octanol–water partition coefficient (Wildman–Crippen LogP) is 5.36. The van der Waals surface area contributed by atoms with Crippen molar-refractivity contribution in [1.82, 2.24) is 4.98 Å². The molecule has 8 heteroatoms. The Morgan fingerprint density at radius 3 is 2.75 bits per heavy atom. The highest BCUT2D eigenvalue weighted by molar-refractivity contribution is 7.14. The molecule has 0 spiro atoms. The molecule has 1 amide bonds. The van der Waals surface area contributed by atoms with Gasteiger partial charge in [0.05, 0.1) is 19.4 Å². The lowest BCUT2D eigenvalue weighted by molar-refractivity contribution is 0.102. The Morgan fingerprint density at radius 1 is 1.19 bits per heavy atom. The molecule has 0 atom stereocenters. The largest absolute Gasteiger partial charge is 0.494 e. The van der Waals surface area contributed by atoms with Crippen molar-refractivity contribution in [3.63, 3.8) is 0 Å². The second kappa shape index (κ2) is 9.65. The van der Waals surface area contributed by atoms with Crippen LogP contribution in [0.5, 0.6) is 11.5 Å². The summed E-state index contributed by atoms with van der Waals surface area (Å²) < 4.78 is 16.2. The Kier molecular flexibility index (Phi) is 6.51. The van der Waals surface area contributed by atoms with Crippen molar-refractivity contribution in [2.24, 2.45) is 0 Å². The van der Waals surface area contributed by atoms with Gasteiger partial charge in [-0.1, -0.05) is 25.5 Å². The van der Waals surface area contributed by atoms with Crippen LogP contribution in [-0.2, 0) is 0 Å². The first-order valence-corrected chi connectivity index (χ1v) is 11.1. The number of carbonyl (C=O) groups excluding carboxylic acids is 1.